The van der Waals surface area contributed by atoms with Crippen molar-refractivity contribution >= 4 is 22.9 Å². The predicted molar refractivity (Wildman–Crippen MR) is 81.7 cm³/mol. The Kier molecular flexibility index (Phi) is 3.71. The first-order valence-electron chi connectivity index (χ1n) is 7.04. The van der Waals surface area contributed by atoms with Gasteiger partial charge in [0.2, 0.25) is 0 Å². The molecule has 0 bridgehead atoms. The van der Waals surface area contributed by atoms with Crippen molar-refractivity contribution in [3.05, 3.63) is 29.8 Å². The highest BCUT2D eigenvalue weighted by Crippen LogP contribution is 2.33. The Morgan fingerprint density at radius 2 is 2.05 bits per heavy atom. The third-order valence-electron chi connectivity index (χ3n) is 4.21. The number of hydrogen-bond acceptors (Lipinski definition) is 3. The maximum absolute atomic E-state index is 5.93. The van der Waals surface area contributed by atoms with E-state index in [1.165, 1.54) is 31.4 Å². The van der Waals surface area contributed by atoms with E-state index in [0.717, 1.165) is 18.7 Å². The molecule has 0 spiro atoms. The number of nitrogens with two attached hydrogens (primary N) is 1. The Hall–Kier alpha value is -1.13. The van der Waals surface area contributed by atoms with Gasteiger partial charge in [0.1, 0.15) is 4.99 Å². The van der Waals surface area contributed by atoms with Crippen molar-refractivity contribution in [3.8, 4) is 0 Å². The van der Waals surface area contributed by atoms with E-state index >= 15 is 0 Å². The number of rotatable bonds is 2. The lowest BCUT2D eigenvalue weighted by molar-refractivity contribution is -0.00868. The molecule has 1 aromatic rings. The lowest BCUT2D eigenvalue weighted by Gasteiger charge is -2.45. The molecule has 2 fully saturated rings. The maximum atomic E-state index is 5.93. The van der Waals surface area contributed by atoms with E-state index in [4.69, 9.17) is 22.7 Å². The zero-order valence-electron chi connectivity index (χ0n) is 11.0. The number of anilines is 1. The predicted octanol–water partition coefficient (Wildman–Crippen LogP) is 2.47. The maximum Gasteiger partial charge on any atom is 0.106 e. The summed E-state index contributed by atoms with van der Waals surface area (Å²) in [6, 6.07) is 8.69. The van der Waals surface area contributed by atoms with E-state index < -0.39 is 0 Å². The summed E-state index contributed by atoms with van der Waals surface area (Å²) < 4.78 is 5.93. The normalized spacial score (nSPS) is 26.8. The minimum atomic E-state index is 0.377. The smallest absolute Gasteiger partial charge is 0.106 e. The molecule has 2 atom stereocenters. The van der Waals surface area contributed by atoms with Gasteiger partial charge in [0.15, 0.2) is 0 Å². The first-order valence-corrected chi connectivity index (χ1v) is 7.45. The topological polar surface area (TPSA) is 38.5 Å². The SMILES string of the molecule is NC(=S)c1ccccc1N1CCOC2CCCCC21. The molecule has 19 heavy (non-hydrogen) atoms. The van der Waals surface area contributed by atoms with E-state index in [-0.39, 0.29) is 0 Å². The van der Waals surface area contributed by atoms with Crippen molar-refractivity contribution in [1.29, 1.82) is 0 Å². The van der Waals surface area contributed by atoms with Crippen LogP contribution in [0.3, 0.4) is 0 Å². The van der Waals surface area contributed by atoms with Crippen molar-refractivity contribution in [2.75, 3.05) is 18.1 Å². The van der Waals surface area contributed by atoms with E-state index in [0.29, 0.717) is 17.1 Å². The Balaban J connectivity index is 1.94. The van der Waals surface area contributed by atoms with Gasteiger partial charge in [0.05, 0.1) is 18.8 Å². The third kappa shape index (κ3) is 2.47. The molecule has 1 aliphatic carbocycles. The van der Waals surface area contributed by atoms with Crippen LogP contribution in [-0.4, -0.2) is 30.3 Å². The Bertz CT molecular complexity index is 475. The summed E-state index contributed by atoms with van der Waals surface area (Å²) in [5, 5.41) is 0. The van der Waals surface area contributed by atoms with Crippen LogP contribution in [0.2, 0.25) is 0 Å². The van der Waals surface area contributed by atoms with Gasteiger partial charge in [0.25, 0.3) is 0 Å². The zero-order chi connectivity index (χ0) is 13.2. The lowest BCUT2D eigenvalue weighted by atomic mass is 9.89. The fourth-order valence-corrected chi connectivity index (χ4v) is 3.50. The van der Waals surface area contributed by atoms with Crippen molar-refractivity contribution in [2.45, 2.75) is 37.8 Å². The third-order valence-corrected chi connectivity index (χ3v) is 4.43. The van der Waals surface area contributed by atoms with Gasteiger partial charge in [-0.2, -0.15) is 0 Å². The van der Waals surface area contributed by atoms with Gasteiger partial charge in [0, 0.05) is 17.8 Å². The van der Waals surface area contributed by atoms with Gasteiger partial charge >= 0.3 is 0 Å². The van der Waals surface area contributed by atoms with Crippen molar-refractivity contribution < 1.29 is 4.74 Å². The summed E-state index contributed by atoms with van der Waals surface area (Å²) in [4.78, 5) is 2.94. The first kappa shape index (κ1) is 12.9. The minimum absolute atomic E-state index is 0.377. The number of thiocarbonyl (C=S) groups is 1. The molecule has 2 N–H and O–H groups in total. The zero-order valence-corrected chi connectivity index (χ0v) is 11.9. The molecule has 1 saturated heterocycles. The van der Waals surface area contributed by atoms with Crippen molar-refractivity contribution in [3.63, 3.8) is 0 Å². The highest BCUT2D eigenvalue weighted by molar-refractivity contribution is 7.80. The number of morpholine rings is 1. The quantitative estimate of drug-likeness (QED) is 0.842. The second kappa shape index (κ2) is 5.47. The lowest BCUT2D eigenvalue weighted by Crippen LogP contribution is -2.53. The van der Waals surface area contributed by atoms with Crippen LogP contribution >= 0.6 is 12.2 Å². The Morgan fingerprint density at radius 1 is 1.26 bits per heavy atom. The second-order valence-electron chi connectivity index (χ2n) is 5.34. The molecule has 0 amide bonds. The fraction of sp³-hybridized carbons (Fsp3) is 0.533. The summed E-state index contributed by atoms with van der Waals surface area (Å²) >= 11 is 5.19. The summed E-state index contributed by atoms with van der Waals surface area (Å²) in [5.74, 6) is 0. The van der Waals surface area contributed by atoms with Crippen LogP contribution < -0.4 is 10.6 Å². The van der Waals surface area contributed by atoms with Crippen molar-refractivity contribution in [2.24, 2.45) is 5.73 Å². The van der Waals surface area contributed by atoms with Crippen LogP contribution in [-0.2, 0) is 4.74 Å². The number of benzene rings is 1. The Morgan fingerprint density at radius 3 is 2.89 bits per heavy atom. The molecule has 1 aromatic carbocycles. The number of hydrogen-bond donors (Lipinski definition) is 1. The first-order chi connectivity index (χ1) is 9.27. The Labute approximate surface area is 119 Å². The van der Waals surface area contributed by atoms with Gasteiger partial charge in [-0.1, -0.05) is 37.2 Å². The summed E-state index contributed by atoms with van der Waals surface area (Å²) in [6.07, 6.45) is 5.33. The molecule has 4 heteroatoms. The molecule has 0 aromatic heterocycles. The van der Waals surface area contributed by atoms with E-state index in [2.05, 4.69) is 17.0 Å². The van der Waals surface area contributed by atoms with E-state index in [1.54, 1.807) is 0 Å². The van der Waals surface area contributed by atoms with E-state index in [1.807, 2.05) is 12.1 Å². The number of ether oxygens (including phenoxy) is 1. The van der Waals surface area contributed by atoms with Crippen LogP contribution in [0.1, 0.15) is 31.2 Å². The van der Waals surface area contributed by atoms with Gasteiger partial charge in [-0.15, -0.1) is 0 Å². The molecule has 102 valence electrons. The van der Waals surface area contributed by atoms with Gasteiger partial charge < -0.3 is 15.4 Å². The molecule has 1 heterocycles. The highest BCUT2D eigenvalue weighted by Gasteiger charge is 2.35. The highest BCUT2D eigenvalue weighted by atomic mass is 32.1. The number of para-hydroxylation sites is 1. The van der Waals surface area contributed by atoms with Gasteiger partial charge in [-0.05, 0) is 25.0 Å². The average Bonchev–Trinajstić information content (AvgIpc) is 2.46. The van der Waals surface area contributed by atoms with E-state index in [9.17, 15) is 0 Å². The number of fused-ring (bicyclic) bond motifs is 1. The largest absolute Gasteiger partial charge is 0.389 e. The molecular formula is C15H20N2OS. The second-order valence-corrected chi connectivity index (χ2v) is 5.78. The molecule has 1 saturated carbocycles. The summed E-state index contributed by atoms with van der Waals surface area (Å²) in [5.41, 5.74) is 8.03. The standard InChI is InChI=1S/C15H20N2OS/c16-15(19)11-5-1-2-6-12(11)17-9-10-18-14-8-4-3-7-13(14)17/h1-2,5-6,13-14H,3-4,7-10H2,(H2,16,19). The number of nitrogens with zero attached hydrogens (tertiary/aromatic N) is 1. The van der Waals surface area contributed by atoms with Gasteiger partial charge in [-0.3, -0.25) is 0 Å². The molecule has 2 unspecified atom stereocenters. The molecule has 2 aliphatic rings. The molecule has 0 radical (unpaired) electrons. The van der Waals surface area contributed by atoms with Crippen molar-refractivity contribution in [1.82, 2.24) is 0 Å². The molecular weight excluding hydrogens is 256 g/mol. The molecule has 3 rings (SSSR count). The average molecular weight is 276 g/mol. The van der Waals surface area contributed by atoms with Crippen LogP contribution in [0, 0.1) is 0 Å². The van der Waals surface area contributed by atoms with Crippen LogP contribution in [0.25, 0.3) is 0 Å². The monoisotopic (exact) mass is 276 g/mol. The molecule has 3 nitrogen and oxygen atoms in total. The van der Waals surface area contributed by atoms with Crippen LogP contribution in [0.5, 0.6) is 0 Å². The fourth-order valence-electron chi connectivity index (χ4n) is 3.33. The summed E-state index contributed by atoms with van der Waals surface area (Å²) in [6.45, 7) is 1.73. The van der Waals surface area contributed by atoms with Crippen LogP contribution in [0.4, 0.5) is 5.69 Å². The van der Waals surface area contributed by atoms with Crippen LogP contribution in [0.15, 0.2) is 24.3 Å². The molecule has 1 aliphatic heterocycles. The summed E-state index contributed by atoms with van der Waals surface area (Å²) in [7, 11) is 0. The minimum Gasteiger partial charge on any atom is -0.389 e. The van der Waals surface area contributed by atoms with Gasteiger partial charge in [-0.25, -0.2) is 0 Å².